The van der Waals surface area contributed by atoms with E-state index in [4.69, 9.17) is 20.8 Å². The van der Waals surface area contributed by atoms with Gasteiger partial charge in [0, 0.05) is 23.5 Å². The zero-order chi connectivity index (χ0) is 19.7. The molecule has 2 heterocycles. The molecule has 0 spiro atoms. The van der Waals surface area contributed by atoms with Gasteiger partial charge in [-0.1, -0.05) is 23.7 Å². The first-order valence-electron chi connectivity index (χ1n) is 8.63. The second-order valence-electron chi connectivity index (χ2n) is 6.27. The van der Waals surface area contributed by atoms with Crippen molar-refractivity contribution in [3.63, 3.8) is 0 Å². The fourth-order valence-electron chi connectivity index (χ4n) is 3.01. The summed E-state index contributed by atoms with van der Waals surface area (Å²) >= 11 is 5.84. The number of para-hydroxylation sites is 1. The number of furan rings is 1. The molecule has 0 atom stereocenters. The number of amides is 1. The Kier molecular flexibility index (Phi) is 5.01. The highest BCUT2D eigenvalue weighted by Gasteiger charge is 2.29. The summed E-state index contributed by atoms with van der Waals surface area (Å²) in [5.41, 5.74) is 0.551. The highest BCUT2D eigenvalue weighted by atomic mass is 35.5. The molecule has 1 aliphatic heterocycles. The van der Waals surface area contributed by atoms with Crippen molar-refractivity contribution in [2.75, 3.05) is 31.0 Å². The standard InChI is InChI=1S/C19H17ClN2O5S/c20-13-5-7-14(8-6-13)28(24,25)21-17-15-3-1-2-4-16(15)27-18(17)19(23)22-9-11-26-12-10-22/h1-8,21H,9-12H2. The van der Waals surface area contributed by atoms with Crippen LogP contribution in [0.25, 0.3) is 11.0 Å². The van der Waals surface area contributed by atoms with Crippen LogP contribution >= 0.6 is 11.6 Å². The van der Waals surface area contributed by atoms with E-state index < -0.39 is 10.0 Å². The van der Waals surface area contributed by atoms with Crippen LogP contribution in [0, 0.1) is 0 Å². The fourth-order valence-corrected chi connectivity index (χ4v) is 4.22. The van der Waals surface area contributed by atoms with Crippen LogP contribution in [0.2, 0.25) is 5.02 Å². The van der Waals surface area contributed by atoms with E-state index in [1.54, 1.807) is 29.2 Å². The van der Waals surface area contributed by atoms with Gasteiger partial charge in [0.2, 0.25) is 5.76 Å². The number of hydrogen-bond donors (Lipinski definition) is 1. The molecule has 0 unspecified atom stereocenters. The second-order valence-corrected chi connectivity index (χ2v) is 8.39. The lowest BCUT2D eigenvalue weighted by Crippen LogP contribution is -2.40. The van der Waals surface area contributed by atoms with Gasteiger partial charge in [0.1, 0.15) is 11.3 Å². The molecule has 1 amide bonds. The zero-order valence-corrected chi connectivity index (χ0v) is 16.3. The van der Waals surface area contributed by atoms with Gasteiger partial charge >= 0.3 is 0 Å². The van der Waals surface area contributed by atoms with Gasteiger partial charge in [0.05, 0.1) is 18.1 Å². The SMILES string of the molecule is O=C(c1oc2ccccc2c1NS(=O)(=O)c1ccc(Cl)cc1)N1CCOCC1. The minimum atomic E-state index is -3.94. The lowest BCUT2D eigenvalue weighted by Gasteiger charge is -2.26. The molecule has 0 aliphatic carbocycles. The van der Waals surface area contributed by atoms with Gasteiger partial charge in [-0.15, -0.1) is 0 Å². The Bertz CT molecular complexity index is 1120. The first kappa shape index (κ1) is 18.8. The van der Waals surface area contributed by atoms with Gasteiger partial charge in [0.25, 0.3) is 15.9 Å². The van der Waals surface area contributed by atoms with Gasteiger partial charge in [-0.05, 0) is 36.4 Å². The molecular formula is C19H17ClN2O5S. The van der Waals surface area contributed by atoms with E-state index >= 15 is 0 Å². The van der Waals surface area contributed by atoms with E-state index in [1.807, 2.05) is 0 Å². The number of fused-ring (bicyclic) bond motifs is 1. The molecule has 3 aromatic rings. The Morgan fingerprint density at radius 3 is 2.43 bits per heavy atom. The Balaban J connectivity index is 1.76. The van der Waals surface area contributed by atoms with Crippen molar-refractivity contribution in [2.24, 2.45) is 0 Å². The van der Waals surface area contributed by atoms with E-state index in [-0.39, 0.29) is 22.3 Å². The maximum Gasteiger partial charge on any atom is 0.291 e. The third-order valence-electron chi connectivity index (χ3n) is 4.45. The summed E-state index contributed by atoms with van der Waals surface area (Å²) in [5, 5.41) is 0.938. The maximum absolute atomic E-state index is 13.0. The van der Waals surface area contributed by atoms with Gasteiger partial charge in [-0.25, -0.2) is 8.42 Å². The predicted octanol–water partition coefficient (Wildman–Crippen LogP) is 3.36. The van der Waals surface area contributed by atoms with E-state index in [2.05, 4.69) is 4.72 Å². The smallest absolute Gasteiger partial charge is 0.291 e. The number of carbonyl (C=O) groups excluding carboxylic acids is 1. The average Bonchev–Trinajstić information content (AvgIpc) is 3.06. The first-order valence-corrected chi connectivity index (χ1v) is 10.5. The molecule has 1 N–H and O–H groups in total. The van der Waals surface area contributed by atoms with Gasteiger partial charge in [-0.3, -0.25) is 9.52 Å². The lowest BCUT2D eigenvalue weighted by molar-refractivity contribution is 0.0285. The molecule has 1 aromatic heterocycles. The van der Waals surface area contributed by atoms with Crippen LogP contribution in [0.3, 0.4) is 0 Å². The number of sulfonamides is 1. The number of morpholine rings is 1. The van der Waals surface area contributed by atoms with Crippen molar-refractivity contribution >= 4 is 44.2 Å². The Hall–Kier alpha value is -2.55. The van der Waals surface area contributed by atoms with Crippen molar-refractivity contribution in [1.82, 2.24) is 4.90 Å². The van der Waals surface area contributed by atoms with E-state index in [0.717, 1.165) is 0 Å². The van der Waals surface area contributed by atoms with E-state index in [1.165, 1.54) is 24.3 Å². The van der Waals surface area contributed by atoms with Crippen molar-refractivity contribution in [2.45, 2.75) is 4.90 Å². The molecule has 0 bridgehead atoms. The lowest BCUT2D eigenvalue weighted by atomic mass is 10.2. The van der Waals surface area contributed by atoms with Crippen LogP contribution < -0.4 is 4.72 Å². The Labute approximate surface area is 166 Å². The van der Waals surface area contributed by atoms with Crippen LogP contribution in [0.15, 0.2) is 57.8 Å². The monoisotopic (exact) mass is 420 g/mol. The Morgan fingerprint density at radius 1 is 1.04 bits per heavy atom. The third kappa shape index (κ3) is 3.58. The molecule has 0 saturated carbocycles. The number of hydrogen-bond acceptors (Lipinski definition) is 5. The quantitative estimate of drug-likeness (QED) is 0.699. The first-order chi connectivity index (χ1) is 13.5. The number of halogens is 1. The topological polar surface area (TPSA) is 88.8 Å². The molecule has 1 fully saturated rings. The molecule has 146 valence electrons. The van der Waals surface area contributed by atoms with Gasteiger partial charge in [0.15, 0.2) is 0 Å². The zero-order valence-electron chi connectivity index (χ0n) is 14.7. The molecule has 1 aliphatic rings. The van der Waals surface area contributed by atoms with Crippen LogP contribution in [-0.2, 0) is 14.8 Å². The summed E-state index contributed by atoms with van der Waals surface area (Å²) in [5.74, 6) is -0.422. The minimum Gasteiger partial charge on any atom is -0.449 e. The number of carbonyl (C=O) groups is 1. The molecule has 9 heteroatoms. The fraction of sp³-hybridized carbons (Fsp3) is 0.211. The number of nitrogens with zero attached hydrogens (tertiary/aromatic N) is 1. The number of benzene rings is 2. The summed E-state index contributed by atoms with van der Waals surface area (Å²) in [6.07, 6.45) is 0. The predicted molar refractivity (Wildman–Crippen MR) is 105 cm³/mol. The molecule has 4 rings (SSSR count). The highest BCUT2D eigenvalue weighted by molar-refractivity contribution is 7.92. The van der Waals surface area contributed by atoms with E-state index in [9.17, 15) is 13.2 Å². The average molecular weight is 421 g/mol. The van der Waals surface area contributed by atoms with Crippen molar-refractivity contribution in [3.8, 4) is 0 Å². The summed E-state index contributed by atoms with van der Waals surface area (Å²) in [7, 11) is -3.94. The number of nitrogens with one attached hydrogen (secondary N) is 1. The van der Waals surface area contributed by atoms with Crippen molar-refractivity contribution in [1.29, 1.82) is 0 Å². The van der Waals surface area contributed by atoms with Crippen LogP contribution in [0.5, 0.6) is 0 Å². The number of anilines is 1. The maximum atomic E-state index is 13.0. The molecule has 28 heavy (non-hydrogen) atoms. The number of ether oxygens (including phenoxy) is 1. The van der Waals surface area contributed by atoms with Crippen molar-refractivity contribution < 1.29 is 22.4 Å². The van der Waals surface area contributed by atoms with E-state index in [0.29, 0.717) is 42.3 Å². The number of rotatable bonds is 4. The van der Waals surface area contributed by atoms with Crippen LogP contribution in [-0.4, -0.2) is 45.5 Å². The second kappa shape index (κ2) is 7.46. The molecular weight excluding hydrogens is 404 g/mol. The third-order valence-corrected chi connectivity index (χ3v) is 6.07. The van der Waals surface area contributed by atoms with Gasteiger partial charge < -0.3 is 14.1 Å². The highest BCUT2D eigenvalue weighted by Crippen LogP contribution is 2.33. The normalized spacial score (nSPS) is 15.0. The summed E-state index contributed by atoms with van der Waals surface area (Å²) in [6, 6.07) is 12.7. The molecule has 1 saturated heterocycles. The summed E-state index contributed by atoms with van der Waals surface area (Å²) < 4.78 is 39.3. The van der Waals surface area contributed by atoms with Gasteiger partial charge in [-0.2, -0.15) is 0 Å². The van der Waals surface area contributed by atoms with Crippen LogP contribution in [0.4, 0.5) is 5.69 Å². The molecule has 7 nitrogen and oxygen atoms in total. The summed E-state index contributed by atoms with van der Waals surface area (Å²) in [4.78, 5) is 14.6. The minimum absolute atomic E-state index is 0.0342. The Morgan fingerprint density at radius 2 is 1.71 bits per heavy atom. The van der Waals surface area contributed by atoms with Crippen LogP contribution in [0.1, 0.15) is 10.6 Å². The summed E-state index contributed by atoms with van der Waals surface area (Å²) in [6.45, 7) is 1.69. The van der Waals surface area contributed by atoms with Crippen molar-refractivity contribution in [3.05, 3.63) is 59.3 Å². The molecule has 2 aromatic carbocycles. The molecule has 0 radical (unpaired) electrons. The largest absolute Gasteiger partial charge is 0.449 e.